The van der Waals surface area contributed by atoms with Crippen LogP contribution in [0.25, 0.3) is 32.7 Å². The molecule has 0 atom stereocenters. The molecule has 3 aromatic heterocycles. The van der Waals surface area contributed by atoms with E-state index in [-0.39, 0.29) is 29.6 Å². The second-order valence-corrected chi connectivity index (χ2v) is 31.9. The van der Waals surface area contributed by atoms with Gasteiger partial charge >= 0.3 is 0 Å². The third kappa shape index (κ3) is 21.9. The topological polar surface area (TPSA) is 124 Å². The number of piperidine rings is 3. The zero-order chi connectivity index (χ0) is 74.6. The zero-order valence-electron chi connectivity index (χ0n) is 61.3. The van der Waals surface area contributed by atoms with Crippen LogP contribution in [0.3, 0.4) is 0 Å². The van der Waals surface area contributed by atoms with Gasteiger partial charge in [0.2, 0.25) is 0 Å². The molecule has 0 saturated carbocycles. The van der Waals surface area contributed by atoms with Gasteiger partial charge in [0.1, 0.15) is 17.7 Å². The third-order valence-corrected chi connectivity index (χ3v) is 23.6. The van der Waals surface area contributed by atoms with Crippen LogP contribution < -0.4 is 20.7 Å². The number of amides is 3. The van der Waals surface area contributed by atoms with E-state index >= 15 is 0 Å². The van der Waals surface area contributed by atoms with E-state index in [0.29, 0.717) is 45.5 Å². The molecule has 8 aromatic carbocycles. The van der Waals surface area contributed by atoms with E-state index in [9.17, 15) is 18.8 Å². The number of aromatic nitrogens is 3. The molecule has 4 aliphatic heterocycles. The maximum absolute atomic E-state index is 13.1. The Morgan fingerprint density at radius 2 is 0.787 bits per heavy atom. The molecular formula is C88H97Cl4FN10O4S. The average Bonchev–Trinajstić information content (AvgIpc) is 1.66. The van der Waals surface area contributed by atoms with Gasteiger partial charge in [-0.25, -0.2) is 4.39 Å². The highest BCUT2D eigenvalue weighted by molar-refractivity contribution is 8.00. The number of carbonyl (C=O) groups excluding carboxylic acids is 3. The molecule has 0 spiro atoms. The van der Waals surface area contributed by atoms with Gasteiger partial charge in [-0.1, -0.05) is 137 Å². The van der Waals surface area contributed by atoms with Gasteiger partial charge in [-0.2, -0.15) is 0 Å². The van der Waals surface area contributed by atoms with Crippen molar-refractivity contribution < 1.29 is 23.5 Å². The lowest BCUT2D eigenvalue weighted by molar-refractivity contribution is 0.0944. The van der Waals surface area contributed by atoms with Gasteiger partial charge in [-0.3, -0.25) is 14.4 Å². The fourth-order valence-electron chi connectivity index (χ4n) is 15.5. The molecule has 0 bridgehead atoms. The fourth-order valence-corrected chi connectivity index (χ4v) is 17.4. The van der Waals surface area contributed by atoms with Crippen LogP contribution in [-0.2, 0) is 39.3 Å². The molecule has 15 rings (SSSR count). The molecule has 0 radical (unpaired) electrons. The lowest BCUT2D eigenvalue weighted by atomic mass is 10.0. The Bertz CT molecular complexity index is 4540. The molecule has 11 aromatic rings. The lowest BCUT2D eigenvalue weighted by Crippen LogP contribution is -2.44. The van der Waals surface area contributed by atoms with E-state index < -0.39 is 0 Å². The van der Waals surface area contributed by atoms with Gasteiger partial charge in [0.15, 0.2) is 0 Å². The predicted molar refractivity (Wildman–Crippen MR) is 441 cm³/mol. The van der Waals surface area contributed by atoms with Gasteiger partial charge < -0.3 is 54.0 Å². The fraction of sp³-hybridized carbons (Fsp3) is 0.352. The molecule has 3 amide bonds. The largest absolute Gasteiger partial charge is 0.490 e. The van der Waals surface area contributed by atoms with Gasteiger partial charge in [0.05, 0.1) is 16.7 Å². The number of nitrogens with zero attached hydrogens (tertiary/aromatic N) is 7. The number of halogens is 5. The van der Waals surface area contributed by atoms with Crippen molar-refractivity contribution in [2.75, 3.05) is 72.0 Å². The molecule has 20 heteroatoms. The minimum atomic E-state index is -0.247. The normalized spacial score (nSPS) is 15.8. The second-order valence-electron chi connectivity index (χ2n) is 28.8. The highest BCUT2D eigenvalue weighted by Crippen LogP contribution is 2.33. The Labute approximate surface area is 658 Å². The summed E-state index contributed by atoms with van der Waals surface area (Å²) in [6.45, 7) is 16.5. The maximum Gasteiger partial charge on any atom is 0.253 e. The quantitative estimate of drug-likeness (QED) is 0.0486. The number of nitrogens with one attached hydrogen (secondary N) is 3. The number of benzene rings is 8. The summed E-state index contributed by atoms with van der Waals surface area (Å²) in [6, 6.07) is 62.4. The summed E-state index contributed by atoms with van der Waals surface area (Å²) in [4.78, 5) is 50.8. The second kappa shape index (κ2) is 39.0. The van der Waals surface area contributed by atoms with Crippen molar-refractivity contribution in [2.24, 2.45) is 0 Å². The van der Waals surface area contributed by atoms with Crippen molar-refractivity contribution in [3.05, 3.63) is 272 Å². The highest BCUT2D eigenvalue weighted by atomic mass is 35.5. The number of aryl methyl sites for hydroxylation is 3. The van der Waals surface area contributed by atoms with Gasteiger partial charge in [-0.05, 0) is 249 Å². The van der Waals surface area contributed by atoms with Crippen molar-refractivity contribution >= 4 is 109 Å². The van der Waals surface area contributed by atoms with Crippen LogP contribution in [0.5, 0.6) is 5.75 Å². The molecule has 108 heavy (non-hydrogen) atoms. The van der Waals surface area contributed by atoms with Crippen LogP contribution in [0.4, 0.5) is 4.39 Å². The predicted octanol–water partition coefficient (Wildman–Crippen LogP) is 19.0. The number of thioether (sulfide) groups is 1. The van der Waals surface area contributed by atoms with E-state index in [2.05, 4.69) is 85.6 Å². The van der Waals surface area contributed by atoms with Crippen LogP contribution in [0, 0.1) is 5.82 Å². The summed E-state index contributed by atoms with van der Waals surface area (Å²) >= 11 is 26.2. The SMILES string of the molecule is O=C(NCc1cccc(Cl)c1)c1cn(CCCN2CCC(N3CCCC3)CC2)c2ccccc12.O=C(NCc1cccc(Cl)c1)c1cn(CCCN2CCC(Oc3ccc(F)cc3)CC2)c2ccccc12.O=C(NCc1cccc(Cl)c1)c1cn(CCCN2CCC(Sc3ccc(Cl)cc3)CC2)c2ccccc12. The van der Waals surface area contributed by atoms with Crippen LogP contribution in [0.1, 0.15) is 118 Å². The van der Waals surface area contributed by atoms with Crippen molar-refractivity contribution in [2.45, 2.75) is 132 Å². The molecule has 3 N–H and O–H groups in total. The van der Waals surface area contributed by atoms with Gasteiger partial charge in [0.25, 0.3) is 17.7 Å². The molecule has 4 saturated heterocycles. The number of rotatable bonds is 26. The summed E-state index contributed by atoms with van der Waals surface area (Å²) in [5.74, 6) is 0.293. The number of ether oxygens (including phenoxy) is 1. The highest BCUT2D eigenvalue weighted by Gasteiger charge is 2.28. The zero-order valence-corrected chi connectivity index (χ0v) is 65.1. The number of para-hydroxylation sites is 3. The Morgan fingerprint density at radius 1 is 0.407 bits per heavy atom. The summed E-state index contributed by atoms with van der Waals surface area (Å²) < 4.78 is 25.8. The van der Waals surface area contributed by atoms with E-state index in [1.54, 1.807) is 12.1 Å². The molecule has 0 unspecified atom stereocenters. The van der Waals surface area contributed by atoms with E-state index in [4.69, 9.17) is 51.1 Å². The van der Waals surface area contributed by atoms with Gasteiger partial charge in [-0.15, -0.1) is 11.8 Å². The van der Waals surface area contributed by atoms with Crippen molar-refractivity contribution in [1.82, 2.24) is 49.3 Å². The van der Waals surface area contributed by atoms with Gasteiger partial charge in [0, 0.05) is 140 Å². The molecule has 14 nitrogen and oxygen atoms in total. The van der Waals surface area contributed by atoms with Crippen LogP contribution in [0.15, 0.2) is 218 Å². The van der Waals surface area contributed by atoms with E-state index in [1.165, 1.54) is 81.7 Å². The summed E-state index contributed by atoms with van der Waals surface area (Å²) in [5.41, 5.74) is 8.41. The smallest absolute Gasteiger partial charge is 0.253 e. The first-order chi connectivity index (χ1) is 52.8. The molecule has 564 valence electrons. The van der Waals surface area contributed by atoms with Crippen molar-refractivity contribution in [3.63, 3.8) is 0 Å². The first-order valence-corrected chi connectivity index (χ1v) is 40.7. The van der Waals surface area contributed by atoms with E-state index in [1.807, 2.05) is 164 Å². The van der Waals surface area contributed by atoms with Crippen molar-refractivity contribution in [1.29, 1.82) is 0 Å². The standard InChI is InChI=1S/C30H31Cl2N3OS.C30H31ClFN3O2.C28H35ClN4O/c31-23-9-11-25(12-10-23)37-26-13-17-34(18-14-26)15-4-16-35-21-28(27-7-1-2-8-29(27)35)30(36)33-20-22-5-3-6-24(32)19-22;31-23-6-3-5-22(19-23)20-33-30(36)28-21-35(29-8-2-1-7-27(28)29)16-4-15-34-17-13-26(14-18-34)37-25-11-9-24(32)10-12-25;29-23-8-5-7-22(19-23)20-30-28(34)26-21-33(27-10-2-1-9-25(26)27)16-6-13-31-17-11-24(12-18-31)32-14-3-4-15-32/h2*1-3,5-12,19,21,26H,4,13-18,20H2,(H,33,36);1-2,5,7-10,19,21,24H,3-4,6,11-18,20H2,(H,30,34). The molecule has 4 aliphatic rings. The first kappa shape index (κ1) is 78.0. The number of hydrogen-bond acceptors (Lipinski definition) is 9. The van der Waals surface area contributed by atoms with Crippen molar-refractivity contribution in [3.8, 4) is 5.75 Å². The monoisotopic (exact) mass is 1550 g/mol. The Hall–Kier alpha value is -8.13. The molecule has 4 fully saturated rings. The Balaban J connectivity index is 0.000000143. The van der Waals surface area contributed by atoms with Crippen LogP contribution >= 0.6 is 58.2 Å². The lowest BCUT2D eigenvalue weighted by Gasteiger charge is -2.36. The summed E-state index contributed by atoms with van der Waals surface area (Å²) in [7, 11) is 0. The number of likely N-dealkylation sites (tertiary alicyclic amines) is 4. The van der Waals surface area contributed by atoms with Crippen LogP contribution in [0.2, 0.25) is 20.1 Å². The number of carbonyl (C=O) groups is 3. The maximum atomic E-state index is 13.1. The number of hydrogen-bond donors (Lipinski definition) is 3. The first-order valence-electron chi connectivity index (χ1n) is 38.3. The molecular weight excluding hydrogens is 1450 g/mol. The average molecular weight is 1550 g/mol. The third-order valence-electron chi connectivity index (χ3n) is 21.3. The molecule has 7 heterocycles. The molecule has 0 aliphatic carbocycles. The minimum Gasteiger partial charge on any atom is -0.490 e. The number of fused-ring (bicyclic) bond motifs is 3. The van der Waals surface area contributed by atoms with Crippen LogP contribution in [-0.4, -0.2) is 140 Å². The minimum absolute atomic E-state index is 0.0427. The van der Waals surface area contributed by atoms with E-state index in [0.717, 1.165) is 175 Å². The Kier molecular flexibility index (Phi) is 28.2. The summed E-state index contributed by atoms with van der Waals surface area (Å²) in [5, 5.41) is 15.6. The Morgan fingerprint density at radius 3 is 1.19 bits per heavy atom. The summed E-state index contributed by atoms with van der Waals surface area (Å²) in [6.07, 6.45) is 19.0.